The molecular formula is C38H46N6O8. The number of benzene rings is 2. The lowest BCUT2D eigenvalue weighted by Crippen LogP contribution is -2.58. The first-order valence-electron chi connectivity index (χ1n) is 17.6. The minimum Gasteiger partial charge on any atom is -0.455 e. The van der Waals surface area contributed by atoms with Crippen LogP contribution in [0.1, 0.15) is 44.3 Å². The molecule has 14 nitrogen and oxygen atoms in total. The fraction of sp³-hybridized carbons (Fsp3) is 0.474. The second-order valence-corrected chi connectivity index (χ2v) is 13.6. The molecule has 276 valence electrons. The molecule has 0 unspecified atom stereocenters. The van der Waals surface area contributed by atoms with Crippen molar-refractivity contribution in [3.05, 3.63) is 85.5 Å². The highest BCUT2D eigenvalue weighted by molar-refractivity contribution is 5.98. The normalized spacial score (nSPS) is 25.0. The van der Waals surface area contributed by atoms with E-state index in [-0.39, 0.29) is 32.1 Å². The van der Waals surface area contributed by atoms with E-state index in [1.165, 1.54) is 16.9 Å². The lowest BCUT2D eigenvalue weighted by Gasteiger charge is -2.38. The average Bonchev–Trinajstić information content (AvgIpc) is 3.91. The summed E-state index contributed by atoms with van der Waals surface area (Å²) in [5.74, 6) is -3.90. The van der Waals surface area contributed by atoms with Crippen LogP contribution in [0.15, 0.2) is 79.9 Å². The second kappa shape index (κ2) is 15.8. The summed E-state index contributed by atoms with van der Waals surface area (Å²) in [6, 6.07) is 13.8. The van der Waals surface area contributed by atoms with Gasteiger partial charge in [0.1, 0.15) is 29.9 Å². The molecule has 2 N–H and O–H groups in total. The first-order valence-corrected chi connectivity index (χ1v) is 17.6. The van der Waals surface area contributed by atoms with Crippen LogP contribution in [-0.4, -0.2) is 110 Å². The molecule has 3 aliphatic heterocycles. The van der Waals surface area contributed by atoms with E-state index in [0.717, 1.165) is 5.52 Å². The van der Waals surface area contributed by atoms with Crippen molar-refractivity contribution >= 4 is 34.7 Å². The number of ether oxygens (including phenoxy) is 3. The summed E-state index contributed by atoms with van der Waals surface area (Å²) in [5, 5.41) is 21.7. The van der Waals surface area contributed by atoms with Gasteiger partial charge in [-0.2, -0.15) is 0 Å². The molecule has 1 spiro atoms. The number of allylic oxidation sites excluding steroid dienone is 1. The van der Waals surface area contributed by atoms with Gasteiger partial charge in [0.2, 0.25) is 17.7 Å². The van der Waals surface area contributed by atoms with Gasteiger partial charge in [-0.3, -0.25) is 19.2 Å². The summed E-state index contributed by atoms with van der Waals surface area (Å²) in [7, 11) is 1.49. The summed E-state index contributed by atoms with van der Waals surface area (Å²) in [5.41, 5.74) is 0.669. The Morgan fingerprint density at radius 2 is 1.90 bits per heavy atom. The van der Waals surface area contributed by atoms with Crippen molar-refractivity contribution in [3.63, 3.8) is 0 Å². The first-order chi connectivity index (χ1) is 25.2. The van der Waals surface area contributed by atoms with E-state index >= 15 is 0 Å². The van der Waals surface area contributed by atoms with Gasteiger partial charge in [0.15, 0.2) is 0 Å². The number of nitrogens with zero attached hydrogens (tertiary/aromatic N) is 5. The van der Waals surface area contributed by atoms with Gasteiger partial charge in [-0.15, -0.1) is 18.3 Å². The molecule has 52 heavy (non-hydrogen) atoms. The topological polar surface area (TPSA) is 165 Å². The van der Waals surface area contributed by atoms with Crippen LogP contribution in [0.25, 0.3) is 11.0 Å². The number of hydrogen-bond acceptors (Lipinski definition) is 10. The van der Waals surface area contributed by atoms with Gasteiger partial charge >= 0.3 is 5.97 Å². The maximum absolute atomic E-state index is 14.8. The molecule has 3 saturated heterocycles. The number of aromatic nitrogens is 3. The molecule has 3 fully saturated rings. The molecule has 3 aliphatic rings. The number of nitrogens with one attached hydrogen (secondary N) is 1. The lowest BCUT2D eigenvalue weighted by atomic mass is 9.70. The third-order valence-electron chi connectivity index (χ3n) is 10.4. The van der Waals surface area contributed by atoms with Crippen LogP contribution in [0.3, 0.4) is 0 Å². The van der Waals surface area contributed by atoms with E-state index < -0.39 is 72.2 Å². The number of para-hydroxylation sites is 1. The number of aliphatic hydroxyl groups excluding tert-OH is 1. The van der Waals surface area contributed by atoms with Gasteiger partial charge in [-0.1, -0.05) is 59.8 Å². The Labute approximate surface area is 302 Å². The van der Waals surface area contributed by atoms with Crippen molar-refractivity contribution in [1.82, 2.24) is 30.1 Å². The van der Waals surface area contributed by atoms with Crippen molar-refractivity contribution in [1.29, 1.82) is 0 Å². The van der Waals surface area contributed by atoms with Crippen LogP contribution < -0.4 is 5.32 Å². The molecule has 3 amide bonds. The van der Waals surface area contributed by atoms with Gasteiger partial charge < -0.3 is 34.4 Å². The van der Waals surface area contributed by atoms with E-state index in [0.29, 0.717) is 30.3 Å². The fourth-order valence-electron chi connectivity index (χ4n) is 8.06. The number of hydrogen-bond donors (Lipinski definition) is 2. The predicted octanol–water partition coefficient (Wildman–Crippen LogP) is 2.54. The van der Waals surface area contributed by atoms with Crippen LogP contribution in [0.2, 0.25) is 0 Å². The highest BCUT2D eigenvalue weighted by Crippen LogP contribution is 2.59. The summed E-state index contributed by atoms with van der Waals surface area (Å²) in [4.78, 5) is 59.5. The van der Waals surface area contributed by atoms with Crippen LogP contribution in [-0.2, 0) is 40.1 Å². The Hall–Kier alpha value is -4.92. The van der Waals surface area contributed by atoms with Crippen molar-refractivity contribution < 1.29 is 38.5 Å². The molecule has 3 aromatic rings. The van der Waals surface area contributed by atoms with E-state index in [9.17, 15) is 24.3 Å². The van der Waals surface area contributed by atoms with E-state index in [1.807, 2.05) is 30.3 Å². The van der Waals surface area contributed by atoms with E-state index in [2.05, 4.69) is 28.8 Å². The summed E-state index contributed by atoms with van der Waals surface area (Å²) in [6.07, 6.45) is 3.03. The van der Waals surface area contributed by atoms with Crippen molar-refractivity contribution in [3.8, 4) is 0 Å². The molecule has 0 aliphatic carbocycles. The molecule has 2 bridgehead atoms. The SMILES string of the molecule is C=CCCC(=O)N[C@@H](COC)[C@@H](OC(=O)[C@@H]1[C@@H]2CC[C@]3(O2)[C@H](C(=O)N(CC=C)Cn2nnc4ccccc42)N([C@H](C)CO)C(=O)[C@@H]13)c1ccccc1. The van der Waals surface area contributed by atoms with Gasteiger partial charge in [-0.05, 0) is 43.9 Å². The molecule has 14 heteroatoms. The Balaban J connectivity index is 1.32. The number of esters is 1. The molecule has 8 atom stereocenters. The van der Waals surface area contributed by atoms with E-state index in [4.69, 9.17) is 14.2 Å². The second-order valence-electron chi connectivity index (χ2n) is 13.6. The number of aliphatic hydroxyl groups is 1. The minimum atomic E-state index is -1.34. The Morgan fingerprint density at radius 1 is 1.15 bits per heavy atom. The highest BCUT2D eigenvalue weighted by Gasteiger charge is 2.75. The van der Waals surface area contributed by atoms with E-state index in [1.54, 1.807) is 48.0 Å². The third kappa shape index (κ3) is 6.73. The van der Waals surface area contributed by atoms with Crippen molar-refractivity contribution in [2.45, 2.75) is 75.2 Å². The number of fused-ring (bicyclic) bond motifs is 2. The Morgan fingerprint density at radius 3 is 2.62 bits per heavy atom. The molecule has 0 saturated carbocycles. The van der Waals surface area contributed by atoms with Crippen LogP contribution in [0, 0.1) is 11.8 Å². The molecule has 2 aromatic carbocycles. The molecular weight excluding hydrogens is 668 g/mol. The number of amides is 3. The first kappa shape index (κ1) is 36.9. The quantitative estimate of drug-likeness (QED) is 0.157. The molecule has 6 rings (SSSR count). The number of carbonyl (C=O) groups excluding carboxylic acids is 4. The highest BCUT2D eigenvalue weighted by atomic mass is 16.6. The number of carbonyl (C=O) groups is 4. The van der Waals surface area contributed by atoms with Crippen LogP contribution in [0.4, 0.5) is 0 Å². The largest absolute Gasteiger partial charge is 0.455 e. The van der Waals surface area contributed by atoms with Crippen LogP contribution >= 0.6 is 0 Å². The lowest BCUT2D eigenvalue weighted by molar-refractivity contribution is -0.163. The number of methoxy groups -OCH3 is 1. The van der Waals surface area contributed by atoms with Gasteiger partial charge in [-0.25, -0.2) is 4.68 Å². The number of likely N-dealkylation sites (tertiary alicyclic amines) is 1. The van der Waals surface area contributed by atoms with Gasteiger partial charge in [0.05, 0.1) is 48.8 Å². The maximum Gasteiger partial charge on any atom is 0.313 e. The summed E-state index contributed by atoms with van der Waals surface area (Å²) >= 11 is 0. The number of rotatable bonds is 17. The maximum atomic E-state index is 14.8. The summed E-state index contributed by atoms with van der Waals surface area (Å²) < 4.78 is 20.0. The van der Waals surface area contributed by atoms with Gasteiger partial charge in [0, 0.05) is 20.1 Å². The fourth-order valence-corrected chi connectivity index (χ4v) is 8.06. The monoisotopic (exact) mass is 714 g/mol. The zero-order valence-electron chi connectivity index (χ0n) is 29.5. The zero-order chi connectivity index (χ0) is 37.0. The predicted molar refractivity (Wildman–Crippen MR) is 189 cm³/mol. The molecule has 1 aromatic heterocycles. The smallest absolute Gasteiger partial charge is 0.313 e. The van der Waals surface area contributed by atoms with Gasteiger partial charge in [0.25, 0.3) is 0 Å². The zero-order valence-corrected chi connectivity index (χ0v) is 29.5. The Kier molecular flexibility index (Phi) is 11.2. The Bertz CT molecular complexity index is 1800. The minimum absolute atomic E-state index is 0.0191. The van der Waals surface area contributed by atoms with Crippen molar-refractivity contribution in [2.24, 2.45) is 11.8 Å². The van der Waals surface area contributed by atoms with Crippen LogP contribution in [0.5, 0.6) is 0 Å². The third-order valence-corrected chi connectivity index (χ3v) is 10.4. The standard InChI is InChI=1S/C38H46N6O8/c1-5-7-17-30(46)39-27(22-50-4)33(25-13-9-8-10-14-25)51-37(49)31-29-18-19-38(52-29)32(31)35(47)44(24(3)21-45)34(38)36(48)42(20-6-2)23-43-28-16-12-11-15-26(28)40-41-43/h5-6,8-16,24,27,29,31-34,45H,1-2,7,17-23H2,3-4H3,(H,39,46)/t24-,27+,29+,31-,32-,33+,34+,38-/m1/s1. The average molecular weight is 715 g/mol. The summed E-state index contributed by atoms with van der Waals surface area (Å²) in [6.45, 7) is 8.98. The van der Waals surface area contributed by atoms with Crippen molar-refractivity contribution in [2.75, 3.05) is 26.9 Å². The molecule has 0 radical (unpaired) electrons. The molecule has 4 heterocycles.